The lowest BCUT2D eigenvalue weighted by atomic mass is 9.86. The highest BCUT2D eigenvalue weighted by Gasteiger charge is 2.33. The van der Waals surface area contributed by atoms with E-state index in [2.05, 4.69) is 24.2 Å². The van der Waals surface area contributed by atoms with Gasteiger partial charge in [0.05, 0.1) is 15.9 Å². The van der Waals surface area contributed by atoms with Crippen molar-refractivity contribution in [3.8, 4) is 23.2 Å². The monoisotopic (exact) mass is 428 g/mol. The molecule has 1 amide bonds. The van der Waals surface area contributed by atoms with Crippen LogP contribution in [0, 0.1) is 26.2 Å². The number of aromatic nitrogens is 3. The van der Waals surface area contributed by atoms with Crippen LogP contribution in [0.4, 0.5) is 5.82 Å². The van der Waals surface area contributed by atoms with E-state index < -0.39 is 0 Å². The molecule has 0 radical (unpaired) electrons. The molecule has 4 aromatic rings. The molecular formula is C24H20N4O2S. The highest BCUT2D eigenvalue weighted by atomic mass is 32.1. The molecule has 5 rings (SSSR count). The van der Waals surface area contributed by atoms with Gasteiger partial charge in [-0.1, -0.05) is 35.5 Å². The lowest BCUT2D eigenvalue weighted by Gasteiger charge is -2.24. The van der Waals surface area contributed by atoms with Gasteiger partial charge in [0, 0.05) is 17.9 Å². The number of amides is 1. The van der Waals surface area contributed by atoms with E-state index in [4.69, 9.17) is 21.2 Å². The molecule has 2 aromatic heterocycles. The van der Waals surface area contributed by atoms with Gasteiger partial charge >= 0.3 is 0 Å². The van der Waals surface area contributed by atoms with Crippen molar-refractivity contribution in [2.24, 2.45) is 0 Å². The Balaban J connectivity index is 1.57. The maximum atomic E-state index is 12.6. The lowest BCUT2D eigenvalue weighted by molar-refractivity contribution is -0.116. The van der Waals surface area contributed by atoms with Crippen LogP contribution in [0.3, 0.4) is 0 Å². The quantitative estimate of drug-likeness (QED) is 0.483. The van der Waals surface area contributed by atoms with Gasteiger partial charge in [-0.15, -0.1) is 6.42 Å². The summed E-state index contributed by atoms with van der Waals surface area (Å²) in [6.45, 7) is 4.26. The van der Waals surface area contributed by atoms with Crippen molar-refractivity contribution in [2.45, 2.75) is 26.2 Å². The number of rotatable bonds is 4. The Kier molecular flexibility index (Phi) is 4.72. The number of terminal acetylenes is 1. The zero-order valence-corrected chi connectivity index (χ0v) is 18.0. The molecule has 0 saturated heterocycles. The van der Waals surface area contributed by atoms with Crippen LogP contribution in [0.25, 0.3) is 15.3 Å². The molecule has 1 aliphatic heterocycles. The molecule has 0 aliphatic carbocycles. The lowest BCUT2D eigenvalue weighted by Crippen LogP contribution is -2.24. The number of fused-ring (bicyclic) bond motifs is 2. The third-order valence-corrected chi connectivity index (χ3v) is 6.41. The van der Waals surface area contributed by atoms with Gasteiger partial charge in [0.2, 0.25) is 11.0 Å². The molecule has 6 nitrogen and oxygen atoms in total. The summed E-state index contributed by atoms with van der Waals surface area (Å²) in [5, 5.41) is 8.52. The van der Waals surface area contributed by atoms with Gasteiger partial charge in [-0.25, -0.2) is 4.98 Å². The summed E-state index contributed by atoms with van der Waals surface area (Å²) >= 11 is 1.56. The standard InChI is InChI=1S/C24H20N4O2S/c1-4-11-30-17-8-6-16(7-9-17)18-13-21(29)26-23-22(18)15(3)27-28(23)24-25-19-10-5-14(2)12-20(19)31-24/h1,5-10,12,18H,11,13H2,2-3H3,(H,26,29). The summed E-state index contributed by atoms with van der Waals surface area (Å²) < 4.78 is 8.33. The van der Waals surface area contributed by atoms with Crippen LogP contribution in [0.2, 0.25) is 0 Å². The Labute approximate surface area is 183 Å². The van der Waals surface area contributed by atoms with Crippen LogP contribution in [0.1, 0.15) is 34.7 Å². The van der Waals surface area contributed by atoms with Gasteiger partial charge in [0.15, 0.2) is 0 Å². The number of carbonyl (C=O) groups is 1. The van der Waals surface area contributed by atoms with Crippen LogP contribution in [-0.4, -0.2) is 27.3 Å². The topological polar surface area (TPSA) is 69.0 Å². The van der Waals surface area contributed by atoms with Crippen molar-refractivity contribution < 1.29 is 9.53 Å². The maximum Gasteiger partial charge on any atom is 0.226 e. The first-order valence-electron chi connectivity index (χ1n) is 9.96. The minimum absolute atomic E-state index is 0.0386. The van der Waals surface area contributed by atoms with E-state index in [-0.39, 0.29) is 18.4 Å². The maximum absolute atomic E-state index is 12.6. The second-order valence-corrected chi connectivity index (χ2v) is 8.60. The van der Waals surface area contributed by atoms with Crippen molar-refractivity contribution in [1.82, 2.24) is 14.8 Å². The van der Waals surface area contributed by atoms with E-state index in [1.165, 1.54) is 5.56 Å². The summed E-state index contributed by atoms with van der Waals surface area (Å²) in [6.07, 6.45) is 5.62. The van der Waals surface area contributed by atoms with E-state index in [1.807, 2.05) is 43.3 Å². The molecule has 0 saturated carbocycles. The molecule has 31 heavy (non-hydrogen) atoms. The van der Waals surface area contributed by atoms with Crippen LogP contribution < -0.4 is 10.1 Å². The predicted octanol–water partition coefficient (Wildman–Crippen LogP) is 4.58. The third kappa shape index (κ3) is 3.45. The van der Waals surface area contributed by atoms with Crippen LogP contribution in [0.5, 0.6) is 5.75 Å². The van der Waals surface area contributed by atoms with Gasteiger partial charge < -0.3 is 10.1 Å². The molecular weight excluding hydrogens is 408 g/mol. The number of carbonyl (C=O) groups excluding carboxylic acids is 1. The highest BCUT2D eigenvalue weighted by Crippen LogP contribution is 2.41. The number of nitrogens with one attached hydrogen (secondary N) is 1. The van der Waals surface area contributed by atoms with Gasteiger partial charge in [-0.3, -0.25) is 4.79 Å². The van der Waals surface area contributed by atoms with Gasteiger partial charge in [0.1, 0.15) is 18.2 Å². The molecule has 0 spiro atoms. The van der Waals surface area contributed by atoms with Crippen LogP contribution in [0.15, 0.2) is 42.5 Å². The number of ether oxygens (including phenoxy) is 1. The molecule has 1 N–H and O–H groups in total. The molecule has 0 bridgehead atoms. The third-order valence-electron chi connectivity index (χ3n) is 5.42. The molecule has 3 heterocycles. The molecule has 7 heteroatoms. The van der Waals surface area contributed by atoms with Gasteiger partial charge in [-0.05, 0) is 49.2 Å². The largest absolute Gasteiger partial charge is 0.481 e. The molecule has 0 fully saturated rings. The molecule has 1 atom stereocenters. The van der Waals surface area contributed by atoms with E-state index in [1.54, 1.807) is 16.0 Å². The smallest absolute Gasteiger partial charge is 0.226 e. The van der Waals surface area contributed by atoms with Crippen molar-refractivity contribution in [2.75, 3.05) is 11.9 Å². The Morgan fingerprint density at radius 1 is 1.26 bits per heavy atom. The second-order valence-electron chi connectivity index (χ2n) is 7.59. The first kappa shape index (κ1) is 19.3. The Hall–Kier alpha value is -3.63. The van der Waals surface area contributed by atoms with Crippen molar-refractivity contribution in [1.29, 1.82) is 0 Å². The average Bonchev–Trinajstić information content (AvgIpc) is 3.32. The molecule has 1 aliphatic rings. The molecule has 2 aromatic carbocycles. The number of anilines is 1. The summed E-state index contributed by atoms with van der Waals surface area (Å²) in [4.78, 5) is 17.4. The minimum atomic E-state index is -0.0872. The average molecular weight is 429 g/mol. The summed E-state index contributed by atoms with van der Waals surface area (Å²) in [6, 6.07) is 13.9. The van der Waals surface area contributed by atoms with E-state index in [0.717, 1.165) is 32.2 Å². The first-order chi connectivity index (χ1) is 15.0. The predicted molar refractivity (Wildman–Crippen MR) is 122 cm³/mol. The Bertz CT molecular complexity index is 1340. The minimum Gasteiger partial charge on any atom is -0.481 e. The van der Waals surface area contributed by atoms with E-state index in [9.17, 15) is 4.79 Å². The van der Waals surface area contributed by atoms with Crippen molar-refractivity contribution in [3.05, 3.63) is 64.8 Å². The van der Waals surface area contributed by atoms with E-state index >= 15 is 0 Å². The van der Waals surface area contributed by atoms with Crippen molar-refractivity contribution >= 4 is 33.3 Å². The SMILES string of the molecule is C#CCOc1ccc(C2CC(=O)Nc3c2c(C)nn3-c2nc3ccc(C)cc3s2)cc1. The second kappa shape index (κ2) is 7.56. The van der Waals surface area contributed by atoms with Crippen LogP contribution in [-0.2, 0) is 4.79 Å². The fraction of sp³-hybridized carbons (Fsp3) is 0.208. The molecule has 154 valence electrons. The normalized spacial score (nSPS) is 15.4. The number of aryl methyl sites for hydroxylation is 2. The number of thiazole rings is 1. The Morgan fingerprint density at radius 2 is 2.06 bits per heavy atom. The summed E-state index contributed by atoms with van der Waals surface area (Å²) in [7, 11) is 0. The first-order valence-corrected chi connectivity index (χ1v) is 10.8. The number of nitrogens with zero attached hydrogens (tertiary/aromatic N) is 3. The van der Waals surface area contributed by atoms with Crippen molar-refractivity contribution in [3.63, 3.8) is 0 Å². The highest BCUT2D eigenvalue weighted by molar-refractivity contribution is 7.20. The summed E-state index contributed by atoms with van der Waals surface area (Å²) in [5.74, 6) is 3.74. The zero-order chi connectivity index (χ0) is 21.5. The number of hydrogen-bond donors (Lipinski definition) is 1. The fourth-order valence-corrected chi connectivity index (χ4v) is 5.02. The molecule has 1 unspecified atom stereocenters. The van der Waals surface area contributed by atoms with Gasteiger partial charge in [0.25, 0.3) is 0 Å². The summed E-state index contributed by atoms with van der Waals surface area (Å²) in [5.41, 5.74) is 5.04. The van der Waals surface area contributed by atoms with Gasteiger partial charge in [-0.2, -0.15) is 9.78 Å². The van der Waals surface area contributed by atoms with E-state index in [0.29, 0.717) is 18.0 Å². The number of benzene rings is 2. The fourth-order valence-electron chi connectivity index (χ4n) is 4.00. The Morgan fingerprint density at radius 3 is 2.84 bits per heavy atom. The zero-order valence-electron chi connectivity index (χ0n) is 17.2. The van der Waals surface area contributed by atoms with Crippen LogP contribution >= 0.6 is 11.3 Å². The number of hydrogen-bond acceptors (Lipinski definition) is 5.